The van der Waals surface area contributed by atoms with Crippen molar-refractivity contribution in [1.82, 2.24) is 4.98 Å². The van der Waals surface area contributed by atoms with E-state index in [1.54, 1.807) is 35.6 Å². The maximum absolute atomic E-state index is 11.5. The van der Waals surface area contributed by atoms with E-state index < -0.39 is 9.84 Å². The molecule has 0 amide bonds. The summed E-state index contributed by atoms with van der Waals surface area (Å²) >= 11 is 1.65. The molecule has 0 radical (unpaired) electrons. The second-order valence-electron chi connectivity index (χ2n) is 5.43. The highest BCUT2D eigenvalue weighted by molar-refractivity contribution is 7.90. The maximum atomic E-state index is 11.5. The Morgan fingerprint density at radius 2 is 1.79 bits per heavy atom. The van der Waals surface area contributed by atoms with Gasteiger partial charge in [0.05, 0.1) is 10.6 Å². The number of thiophene rings is 1. The van der Waals surface area contributed by atoms with Crippen LogP contribution in [-0.4, -0.2) is 19.7 Å². The van der Waals surface area contributed by atoms with E-state index in [4.69, 9.17) is 4.74 Å². The molecular formula is C18H17NO3S2. The summed E-state index contributed by atoms with van der Waals surface area (Å²) < 4.78 is 29.0. The van der Waals surface area contributed by atoms with Crippen LogP contribution in [0.1, 0.15) is 17.9 Å². The van der Waals surface area contributed by atoms with Gasteiger partial charge in [-0.05, 0) is 36.6 Å². The molecule has 6 heteroatoms. The minimum atomic E-state index is -3.19. The van der Waals surface area contributed by atoms with Crippen LogP contribution in [0, 0.1) is 0 Å². The van der Waals surface area contributed by atoms with Crippen LogP contribution in [0.5, 0.6) is 5.88 Å². The van der Waals surface area contributed by atoms with Crippen LogP contribution >= 0.6 is 11.3 Å². The predicted molar refractivity (Wildman–Crippen MR) is 96.1 cm³/mol. The Kier molecular flexibility index (Phi) is 4.69. The molecule has 1 atom stereocenters. The fraction of sp³-hybridized carbons (Fsp3) is 0.167. The van der Waals surface area contributed by atoms with Gasteiger partial charge < -0.3 is 4.74 Å². The van der Waals surface area contributed by atoms with Crippen molar-refractivity contribution in [2.75, 3.05) is 6.26 Å². The lowest BCUT2D eigenvalue weighted by Gasteiger charge is -2.13. The van der Waals surface area contributed by atoms with Gasteiger partial charge >= 0.3 is 0 Å². The highest BCUT2D eigenvalue weighted by atomic mass is 32.2. The number of aromatic nitrogens is 1. The van der Waals surface area contributed by atoms with E-state index in [9.17, 15) is 8.42 Å². The minimum absolute atomic E-state index is 0.0691. The SMILES string of the molecule is C[C@@H](Oc1cccc(-c2ccc(S(C)(=O)=O)cc2)n1)c1cccs1. The average Bonchev–Trinajstić information content (AvgIpc) is 3.09. The molecule has 124 valence electrons. The van der Waals surface area contributed by atoms with Crippen molar-refractivity contribution >= 4 is 21.2 Å². The molecule has 0 aliphatic carbocycles. The van der Waals surface area contributed by atoms with Crippen LogP contribution in [-0.2, 0) is 9.84 Å². The minimum Gasteiger partial charge on any atom is -0.469 e. The summed E-state index contributed by atoms with van der Waals surface area (Å²) in [5.41, 5.74) is 1.59. The first kappa shape index (κ1) is 16.7. The third kappa shape index (κ3) is 3.83. The third-order valence-corrected chi connectivity index (χ3v) is 5.71. The molecule has 0 aliphatic heterocycles. The van der Waals surface area contributed by atoms with Crippen molar-refractivity contribution in [3.05, 3.63) is 64.9 Å². The normalized spacial score (nSPS) is 12.8. The molecule has 0 saturated heterocycles. The molecule has 2 heterocycles. The summed E-state index contributed by atoms with van der Waals surface area (Å²) in [5, 5.41) is 2.02. The molecule has 3 rings (SSSR count). The van der Waals surface area contributed by atoms with Crippen molar-refractivity contribution in [1.29, 1.82) is 0 Å². The predicted octanol–water partition coefficient (Wildman–Crippen LogP) is 4.35. The Morgan fingerprint density at radius 1 is 1.04 bits per heavy atom. The smallest absolute Gasteiger partial charge is 0.214 e. The lowest BCUT2D eigenvalue weighted by molar-refractivity contribution is 0.221. The van der Waals surface area contributed by atoms with Crippen molar-refractivity contribution < 1.29 is 13.2 Å². The number of benzene rings is 1. The molecule has 0 fully saturated rings. The third-order valence-electron chi connectivity index (χ3n) is 3.54. The molecule has 1 aromatic carbocycles. The van der Waals surface area contributed by atoms with Crippen LogP contribution in [0.2, 0.25) is 0 Å². The molecule has 0 saturated carbocycles. The standard InChI is InChI=1S/C18H17NO3S2/c1-13(17-6-4-12-23-17)22-18-7-3-5-16(19-18)14-8-10-15(11-9-14)24(2,20)21/h3-13H,1-2H3/t13-/m1/s1. The van der Waals surface area contributed by atoms with E-state index in [-0.39, 0.29) is 6.10 Å². The molecule has 0 unspecified atom stereocenters. The van der Waals surface area contributed by atoms with Crippen LogP contribution < -0.4 is 4.74 Å². The summed E-state index contributed by atoms with van der Waals surface area (Å²) in [4.78, 5) is 5.95. The Balaban J connectivity index is 1.82. The van der Waals surface area contributed by atoms with E-state index in [1.807, 2.05) is 42.6 Å². The second kappa shape index (κ2) is 6.75. The highest BCUT2D eigenvalue weighted by Gasteiger charge is 2.11. The summed E-state index contributed by atoms with van der Waals surface area (Å²) in [6.07, 6.45) is 1.13. The largest absolute Gasteiger partial charge is 0.469 e. The second-order valence-corrected chi connectivity index (χ2v) is 8.43. The first-order valence-corrected chi connectivity index (χ1v) is 10.2. The van der Waals surface area contributed by atoms with Gasteiger partial charge in [0, 0.05) is 22.8 Å². The van der Waals surface area contributed by atoms with Crippen molar-refractivity contribution in [3.8, 4) is 17.1 Å². The molecule has 4 nitrogen and oxygen atoms in total. The molecule has 0 N–H and O–H groups in total. The topological polar surface area (TPSA) is 56.3 Å². The van der Waals surface area contributed by atoms with Gasteiger partial charge in [-0.15, -0.1) is 11.3 Å². The Labute approximate surface area is 145 Å². The fourth-order valence-electron chi connectivity index (χ4n) is 2.28. The van der Waals surface area contributed by atoms with Crippen LogP contribution in [0.25, 0.3) is 11.3 Å². The zero-order chi connectivity index (χ0) is 17.2. The number of nitrogens with zero attached hydrogens (tertiary/aromatic N) is 1. The lowest BCUT2D eigenvalue weighted by Crippen LogP contribution is -2.02. The first-order chi connectivity index (χ1) is 11.4. The first-order valence-electron chi connectivity index (χ1n) is 7.41. The van der Waals surface area contributed by atoms with Gasteiger partial charge in [-0.3, -0.25) is 0 Å². The summed E-state index contributed by atoms with van der Waals surface area (Å²) in [6, 6.07) is 16.3. The van der Waals surface area contributed by atoms with E-state index in [1.165, 1.54) is 6.26 Å². The molecule has 24 heavy (non-hydrogen) atoms. The van der Waals surface area contributed by atoms with E-state index in [0.717, 1.165) is 16.1 Å². The van der Waals surface area contributed by atoms with Gasteiger partial charge in [-0.25, -0.2) is 13.4 Å². The summed E-state index contributed by atoms with van der Waals surface area (Å²) in [7, 11) is -3.19. The molecule has 3 aromatic rings. The molecule has 0 bridgehead atoms. The number of hydrogen-bond acceptors (Lipinski definition) is 5. The van der Waals surface area contributed by atoms with Crippen molar-refractivity contribution in [3.63, 3.8) is 0 Å². The lowest BCUT2D eigenvalue weighted by atomic mass is 10.1. The van der Waals surface area contributed by atoms with Crippen LogP contribution in [0.4, 0.5) is 0 Å². The Hall–Kier alpha value is -2.18. The van der Waals surface area contributed by atoms with Gasteiger partial charge in [0.15, 0.2) is 9.84 Å². The Bertz CT molecular complexity index is 917. The van der Waals surface area contributed by atoms with E-state index in [2.05, 4.69) is 4.98 Å². The Morgan fingerprint density at radius 3 is 2.42 bits per heavy atom. The monoisotopic (exact) mass is 359 g/mol. The van der Waals surface area contributed by atoms with E-state index in [0.29, 0.717) is 10.8 Å². The van der Waals surface area contributed by atoms with Crippen molar-refractivity contribution in [2.45, 2.75) is 17.9 Å². The van der Waals surface area contributed by atoms with Crippen LogP contribution in [0.15, 0.2) is 64.9 Å². The fourth-order valence-corrected chi connectivity index (χ4v) is 3.62. The zero-order valence-corrected chi connectivity index (χ0v) is 15.0. The van der Waals surface area contributed by atoms with Gasteiger partial charge in [0.1, 0.15) is 6.10 Å². The number of ether oxygens (including phenoxy) is 1. The maximum Gasteiger partial charge on any atom is 0.214 e. The quantitative estimate of drug-likeness (QED) is 0.679. The molecule has 2 aromatic heterocycles. The molecule has 0 aliphatic rings. The number of sulfone groups is 1. The molecule has 0 spiro atoms. The van der Waals surface area contributed by atoms with Crippen molar-refractivity contribution in [2.24, 2.45) is 0 Å². The number of hydrogen-bond donors (Lipinski definition) is 0. The number of pyridine rings is 1. The zero-order valence-electron chi connectivity index (χ0n) is 13.3. The average molecular weight is 359 g/mol. The van der Waals surface area contributed by atoms with Gasteiger partial charge in [-0.2, -0.15) is 0 Å². The van der Waals surface area contributed by atoms with Gasteiger partial charge in [0.2, 0.25) is 5.88 Å². The summed E-state index contributed by atoms with van der Waals surface area (Å²) in [5.74, 6) is 0.542. The number of rotatable bonds is 5. The van der Waals surface area contributed by atoms with Gasteiger partial charge in [0.25, 0.3) is 0 Å². The van der Waals surface area contributed by atoms with Gasteiger partial charge in [-0.1, -0.05) is 24.3 Å². The molecular weight excluding hydrogens is 342 g/mol. The van der Waals surface area contributed by atoms with Crippen LogP contribution in [0.3, 0.4) is 0 Å². The summed E-state index contributed by atoms with van der Waals surface area (Å²) in [6.45, 7) is 1.99. The highest BCUT2D eigenvalue weighted by Crippen LogP contribution is 2.26. The van der Waals surface area contributed by atoms with E-state index >= 15 is 0 Å².